The molecule has 1 fully saturated rings. The van der Waals surface area contributed by atoms with Crippen molar-refractivity contribution in [1.29, 1.82) is 0 Å². The standard InChI is InChI=1S/C12H22N4O2/c1-8(2)16-12(10(17-3)7-14-16)11(15-13)9-5-4-6-18-9/h7-9,11,15H,4-6,13H2,1-3H3. The number of rotatable bonds is 5. The fourth-order valence-electron chi connectivity index (χ4n) is 2.45. The summed E-state index contributed by atoms with van der Waals surface area (Å²) >= 11 is 0. The smallest absolute Gasteiger partial charge is 0.161 e. The summed E-state index contributed by atoms with van der Waals surface area (Å²) < 4.78 is 13.0. The maximum absolute atomic E-state index is 5.72. The Kier molecular flexibility index (Phi) is 4.21. The van der Waals surface area contributed by atoms with Crippen molar-refractivity contribution in [2.24, 2.45) is 5.84 Å². The number of nitrogens with one attached hydrogen (secondary N) is 1. The van der Waals surface area contributed by atoms with Crippen LogP contribution in [0.15, 0.2) is 6.20 Å². The first-order chi connectivity index (χ1) is 8.69. The van der Waals surface area contributed by atoms with Crippen LogP contribution < -0.4 is 16.0 Å². The third-order valence-corrected chi connectivity index (χ3v) is 3.32. The Morgan fingerprint density at radius 1 is 1.61 bits per heavy atom. The van der Waals surface area contributed by atoms with Crippen molar-refractivity contribution in [3.63, 3.8) is 0 Å². The van der Waals surface area contributed by atoms with Gasteiger partial charge in [-0.15, -0.1) is 0 Å². The molecule has 0 spiro atoms. The maximum atomic E-state index is 5.72. The van der Waals surface area contributed by atoms with Gasteiger partial charge in [-0.3, -0.25) is 10.5 Å². The summed E-state index contributed by atoms with van der Waals surface area (Å²) in [6, 6.07) is 0.161. The van der Waals surface area contributed by atoms with E-state index in [1.807, 2.05) is 4.68 Å². The molecule has 6 heteroatoms. The molecule has 0 aliphatic carbocycles. The van der Waals surface area contributed by atoms with E-state index >= 15 is 0 Å². The van der Waals surface area contributed by atoms with Crippen LogP contribution in [0.5, 0.6) is 5.75 Å². The molecule has 2 rings (SSSR count). The van der Waals surface area contributed by atoms with Gasteiger partial charge in [0.25, 0.3) is 0 Å². The first-order valence-electron chi connectivity index (χ1n) is 6.38. The van der Waals surface area contributed by atoms with E-state index in [2.05, 4.69) is 24.4 Å². The third kappa shape index (κ3) is 2.36. The van der Waals surface area contributed by atoms with Gasteiger partial charge in [0.15, 0.2) is 5.75 Å². The number of aromatic nitrogens is 2. The molecule has 1 aromatic rings. The molecule has 6 nitrogen and oxygen atoms in total. The Labute approximate surface area is 107 Å². The second-order valence-corrected chi connectivity index (χ2v) is 4.83. The van der Waals surface area contributed by atoms with Crippen LogP contribution in [0.1, 0.15) is 44.5 Å². The van der Waals surface area contributed by atoms with Crippen LogP contribution in [0.2, 0.25) is 0 Å². The summed E-state index contributed by atoms with van der Waals surface area (Å²) in [5.41, 5.74) is 3.81. The summed E-state index contributed by atoms with van der Waals surface area (Å²) in [7, 11) is 1.65. The molecule has 1 aliphatic heterocycles. The van der Waals surface area contributed by atoms with Crippen LogP contribution in [-0.4, -0.2) is 29.6 Å². The van der Waals surface area contributed by atoms with Gasteiger partial charge in [0.2, 0.25) is 0 Å². The maximum Gasteiger partial charge on any atom is 0.161 e. The largest absolute Gasteiger partial charge is 0.493 e. The number of hydrogen-bond acceptors (Lipinski definition) is 5. The Hall–Kier alpha value is -1.11. The van der Waals surface area contributed by atoms with Gasteiger partial charge in [-0.25, -0.2) is 5.43 Å². The van der Waals surface area contributed by atoms with Gasteiger partial charge in [-0.1, -0.05) is 0 Å². The van der Waals surface area contributed by atoms with Crippen LogP contribution in [0.25, 0.3) is 0 Å². The Balaban J connectivity index is 2.35. The Morgan fingerprint density at radius 3 is 2.89 bits per heavy atom. The highest BCUT2D eigenvalue weighted by molar-refractivity contribution is 5.29. The van der Waals surface area contributed by atoms with Gasteiger partial charge < -0.3 is 9.47 Å². The predicted octanol–water partition coefficient (Wildman–Crippen LogP) is 1.16. The molecule has 102 valence electrons. The van der Waals surface area contributed by atoms with Crippen molar-refractivity contribution >= 4 is 0 Å². The molecule has 1 aromatic heterocycles. The summed E-state index contributed by atoms with van der Waals surface area (Å²) in [5.74, 6) is 6.46. The monoisotopic (exact) mass is 254 g/mol. The van der Waals surface area contributed by atoms with Crippen LogP contribution in [0, 0.1) is 0 Å². The van der Waals surface area contributed by atoms with Gasteiger partial charge in [0.1, 0.15) is 5.69 Å². The number of hydrazine groups is 1. The van der Waals surface area contributed by atoms with Crippen LogP contribution in [0.3, 0.4) is 0 Å². The minimum atomic E-state index is -0.0904. The SMILES string of the molecule is COc1cnn(C(C)C)c1C(NN)C1CCCO1. The lowest BCUT2D eigenvalue weighted by Crippen LogP contribution is -2.38. The van der Waals surface area contributed by atoms with E-state index in [1.165, 1.54) is 0 Å². The Bertz CT molecular complexity index is 385. The highest BCUT2D eigenvalue weighted by Crippen LogP contribution is 2.33. The van der Waals surface area contributed by atoms with Gasteiger partial charge in [0, 0.05) is 12.6 Å². The lowest BCUT2D eigenvalue weighted by molar-refractivity contribution is 0.0742. The van der Waals surface area contributed by atoms with Crippen LogP contribution >= 0.6 is 0 Å². The molecule has 18 heavy (non-hydrogen) atoms. The van der Waals surface area contributed by atoms with E-state index in [1.54, 1.807) is 13.3 Å². The zero-order valence-electron chi connectivity index (χ0n) is 11.2. The van der Waals surface area contributed by atoms with E-state index in [9.17, 15) is 0 Å². The number of methoxy groups -OCH3 is 1. The molecule has 2 atom stereocenters. The topological polar surface area (TPSA) is 74.3 Å². The first-order valence-corrected chi connectivity index (χ1v) is 6.38. The van der Waals surface area contributed by atoms with Crippen LogP contribution in [0.4, 0.5) is 0 Å². The summed E-state index contributed by atoms with van der Waals surface area (Å²) in [4.78, 5) is 0. The zero-order chi connectivity index (χ0) is 13.1. The molecule has 0 amide bonds. The molecule has 3 N–H and O–H groups in total. The van der Waals surface area contributed by atoms with Gasteiger partial charge in [-0.2, -0.15) is 5.10 Å². The molecule has 1 saturated heterocycles. The Morgan fingerprint density at radius 2 is 2.39 bits per heavy atom. The molecule has 0 bridgehead atoms. The molecule has 0 saturated carbocycles. The van der Waals surface area contributed by atoms with E-state index in [0.717, 1.165) is 30.9 Å². The minimum absolute atomic E-state index is 0.0816. The molecule has 2 unspecified atom stereocenters. The first kappa shape index (κ1) is 13.3. The van der Waals surface area contributed by atoms with Gasteiger partial charge in [0.05, 0.1) is 25.5 Å². The second kappa shape index (κ2) is 5.69. The fourth-order valence-corrected chi connectivity index (χ4v) is 2.45. The van der Waals surface area contributed by atoms with E-state index < -0.39 is 0 Å². The van der Waals surface area contributed by atoms with Gasteiger partial charge >= 0.3 is 0 Å². The molecule has 1 aliphatic rings. The summed E-state index contributed by atoms with van der Waals surface area (Å²) in [6.45, 7) is 4.96. The predicted molar refractivity (Wildman–Crippen MR) is 68.2 cm³/mol. The van der Waals surface area contributed by atoms with Crippen molar-refractivity contribution in [3.8, 4) is 5.75 Å². The molecule has 0 radical (unpaired) electrons. The average Bonchev–Trinajstić information content (AvgIpc) is 2.99. The van der Waals surface area contributed by atoms with Crippen molar-refractivity contribution < 1.29 is 9.47 Å². The van der Waals surface area contributed by atoms with E-state index in [0.29, 0.717) is 0 Å². The molecule has 0 aromatic carbocycles. The molecule has 2 heterocycles. The van der Waals surface area contributed by atoms with Crippen molar-refractivity contribution in [2.45, 2.75) is 44.9 Å². The highest BCUT2D eigenvalue weighted by atomic mass is 16.5. The van der Waals surface area contributed by atoms with Crippen LogP contribution in [-0.2, 0) is 4.74 Å². The van der Waals surface area contributed by atoms with E-state index in [4.69, 9.17) is 15.3 Å². The minimum Gasteiger partial charge on any atom is -0.493 e. The fraction of sp³-hybridized carbons (Fsp3) is 0.750. The molecular formula is C12H22N4O2. The quantitative estimate of drug-likeness (QED) is 0.609. The van der Waals surface area contributed by atoms with Crippen molar-refractivity contribution in [2.75, 3.05) is 13.7 Å². The number of nitrogens with two attached hydrogens (primary N) is 1. The number of nitrogens with zero attached hydrogens (tertiary/aromatic N) is 2. The normalized spacial score (nSPS) is 21.5. The zero-order valence-corrected chi connectivity index (χ0v) is 11.2. The lowest BCUT2D eigenvalue weighted by Gasteiger charge is -2.25. The third-order valence-electron chi connectivity index (χ3n) is 3.32. The van der Waals surface area contributed by atoms with Crippen molar-refractivity contribution in [3.05, 3.63) is 11.9 Å². The molecular weight excluding hydrogens is 232 g/mol. The summed E-state index contributed by atoms with van der Waals surface area (Å²) in [6.07, 6.45) is 3.88. The lowest BCUT2D eigenvalue weighted by atomic mass is 10.0. The summed E-state index contributed by atoms with van der Waals surface area (Å²) in [5, 5.41) is 4.37. The second-order valence-electron chi connectivity index (χ2n) is 4.83. The van der Waals surface area contributed by atoms with Crippen molar-refractivity contribution in [1.82, 2.24) is 15.2 Å². The highest BCUT2D eigenvalue weighted by Gasteiger charge is 2.32. The van der Waals surface area contributed by atoms with Gasteiger partial charge in [-0.05, 0) is 26.7 Å². The number of hydrogen-bond donors (Lipinski definition) is 2. The van der Waals surface area contributed by atoms with E-state index in [-0.39, 0.29) is 18.2 Å². The number of ether oxygens (including phenoxy) is 2. The average molecular weight is 254 g/mol.